The number of aromatic nitrogens is 1. The van der Waals surface area contributed by atoms with E-state index in [-0.39, 0.29) is 17.9 Å². The van der Waals surface area contributed by atoms with E-state index in [1.165, 1.54) is 12.1 Å². The van der Waals surface area contributed by atoms with E-state index in [0.717, 1.165) is 69.4 Å². The number of likely N-dealkylation sites (tertiary alicyclic amines) is 1. The van der Waals surface area contributed by atoms with Crippen molar-refractivity contribution in [3.05, 3.63) is 59.4 Å². The van der Waals surface area contributed by atoms with Gasteiger partial charge in [0, 0.05) is 38.4 Å². The van der Waals surface area contributed by atoms with Gasteiger partial charge in [-0.1, -0.05) is 25.1 Å². The summed E-state index contributed by atoms with van der Waals surface area (Å²) in [5.41, 5.74) is 1.93. The molecule has 0 saturated carbocycles. The number of alkyl halides is 3. The predicted molar refractivity (Wildman–Crippen MR) is 131 cm³/mol. The Morgan fingerprint density at radius 3 is 2.69 bits per heavy atom. The first-order chi connectivity index (χ1) is 16.8. The van der Waals surface area contributed by atoms with E-state index in [2.05, 4.69) is 29.0 Å². The fraction of sp³-hybridized carbons (Fsp3) is 0.556. The third kappa shape index (κ3) is 6.15. The van der Waals surface area contributed by atoms with Crippen molar-refractivity contribution in [3.63, 3.8) is 0 Å². The maximum Gasteiger partial charge on any atom is 0.416 e. The highest BCUT2D eigenvalue weighted by atomic mass is 19.4. The number of piperidine rings is 1. The van der Waals surface area contributed by atoms with Gasteiger partial charge in [0.15, 0.2) is 0 Å². The van der Waals surface area contributed by atoms with Crippen LogP contribution in [0, 0.1) is 5.92 Å². The number of likely N-dealkylation sites (N-methyl/N-ethyl adjacent to an activating group) is 1. The smallest absolute Gasteiger partial charge is 0.384 e. The molecular weight excluding hydrogens is 453 g/mol. The zero-order valence-electron chi connectivity index (χ0n) is 20.5. The van der Waals surface area contributed by atoms with Gasteiger partial charge in [0.2, 0.25) is 5.91 Å². The molecule has 0 spiro atoms. The van der Waals surface area contributed by atoms with Gasteiger partial charge >= 0.3 is 6.18 Å². The molecule has 190 valence electrons. The fourth-order valence-corrected chi connectivity index (χ4v) is 5.43. The molecular formula is C27H35F3N4O. The van der Waals surface area contributed by atoms with Gasteiger partial charge in [-0.15, -0.1) is 0 Å². The molecule has 2 aliphatic rings. The molecule has 4 rings (SSSR count). The Hall–Kier alpha value is -2.61. The van der Waals surface area contributed by atoms with E-state index >= 15 is 0 Å². The first-order valence-corrected chi connectivity index (χ1v) is 12.6. The largest absolute Gasteiger partial charge is 0.416 e. The Kier molecular flexibility index (Phi) is 7.99. The van der Waals surface area contributed by atoms with E-state index < -0.39 is 11.7 Å². The molecule has 2 aliphatic heterocycles. The maximum atomic E-state index is 13.3. The zero-order valence-corrected chi connectivity index (χ0v) is 20.5. The van der Waals surface area contributed by atoms with E-state index in [1.54, 1.807) is 12.3 Å². The number of fused-ring (bicyclic) bond motifs is 1. The molecule has 8 heteroatoms. The second-order valence-electron chi connectivity index (χ2n) is 9.81. The van der Waals surface area contributed by atoms with E-state index in [1.807, 2.05) is 17.0 Å². The van der Waals surface area contributed by atoms with Gasteiger partial charge < -0.3 is 15.1 Å². The normalized spacial score (nSPS) is 19.8. The number of benzene rings is 1. The lowest BCUT2D eigenvalue weighted by atomic mass is 9.91. The number of nitrogens with zero attached hydrogens (tertiary/aromatic N) is 3. The molecule has 1 fully saturated rings. The molecule has 1 aromatic heterocycles. The zero-order chi connectivity index (χ0) is 25.0. The van der Waals surface area contributed by atoms with Crippen molar-refractivity contribution in [2.75, 3.05) is 38.0 Å². The summed E-state index contributed by atoms with van der Waals surface area (Å²) in [7, 11) is 0. The SMILES string of the molecule is CCN(CC1CCN(C(=O)C2CCNc3cccnc32)CC1)C(C)Cc1cccc(C(F)(F)F)c1. The van der Waals surface area contributed by atoms with Crippen LogP contribution < -0.4 is 5.32 Å². The van der Waals surface area contributed by atoms with Gasteiger partial charge in [-0.2, -0.15) is 13.2 Å². The van der Waals surface area contributed by atoms with E-state index in [4.69, 9.17) is 0 Å². The lowest BCUT2D eigenvalue weighted by molar-refractivity contribution is -0.137. The van der Waals surface area contributed by atoms with Crippen LogP contribution >= 0.6 is 0 Å². The molecule has 1 saturated heterocycles. The molecule has 1 N–H and O–H groups in total. The van der Waals surface area contributed by atoms with Gasteiger partial charge in [-0.3, -0.25) is 9.78 Å². The van der Waals surface area contributed by atoms with Crippen LogP contribution in [0.3, 0.4) is 0 Å². The average molecular weight is 489 g/mol. The maximum absolute atomic E-state index is 13.3. The highest BCUT2D eigenvalue weighted by Gasteiger charge is 2.34. The Balaban J connectivity index is 1.30. The van der Waals surface area contributed by atoms with Gasteiger partial charge in [-0.05, 0) is 68.8 Å². The second kappa shape index (κ2) is 11.0. The topological polar surface area (TPSA) is 48.5 Å². The van der Waals surface area contributed by atoms with E-state index in [9.17, 15) is 18.0 Å². The Morgan fingerprint density at radius 1 is 1.20 bits per heavy atom. The fourth-order valence-electron chi connectivity index (χ4n) is 5.43. The number of amides is 1. The number of hydrogen-bond acceptors (Lipinski definition) is 4. The minimum absolute atomic E-state index is 0.139. The van der Waals surface area contributed by atoms with Crippen LogP contribution in [-0.2, 0) is 17.4 Å². The molecule has 1 amide bonds. The Labute approximate surface area is 205 Å². The van der Waals surface area contributed by atoms with Crippen molar-refractivity contribution in [2.24, 2.45) is 5.92 Å². The number of rotatable bonds is 7. The molecule has 1 aromatic carbocycles. The highest BCUT2D eigenvalue weighted by Crippen LogP contribution is 2.33. The lowest BCUT2D eigenvalue weighted by Gasteiger charge is -2.38. The first-order valence-electron chi connectivity index (χ1n) is 12.6. The van der Waals surface area contributed by atoms with Crippen LogP contribution in [0.15, 0.2) is 42.6 Å². The summed E-state index contributed by atoms with van der Waals surface area (Å²) >= 11 is 0. The molecule has 2 atom stereocenters. The molecule has 2 aromatic rings. The van der Waals surface area contributed by atoms with Crippen LogP contribution in [0.1, 0.15) is 55.8 Å². The van der Waals surface area contributed by atoms with Crippen LogP contribution in [0.25, 0.3) is 0 Å². The van der Waals surface area contributed by atoms with Gasteiger partial charge in [0.05, 0.1) is 22.9 Å². The number of carbonyl (C=O) groups is 1. The lowest BCUT2D eigenvalue weighted by Crippen LogP contribution is -2.45. The number of carbonyl (C=O) groups excluding carboxylic acids is 1. The monoisotopic (exact) mass is 488 g/mol. The Morgan fingerprint density at radius 2 is 1.97 bits per heavy atom. The molecule has 5 nitrogen and oxygen atoms in total. The van der Waals surface area contributed by atoms with Gasteiger partial charge in [-0.25, -0.2) is 0 Å². The van der Waals surface area contributed by atoms with Crippen LogP contribution in [0.2, 0.25) is 0 Å². The molecule has 0 bridgehead atoms. The summed E-state index contributed by atoms with van der Waals surface area (Å²) in [6.07, 6.45) is 0.660. The summed E-state index contributed by atoms with van der Waals surface area (Å²) in [5, 5.41) is 3.33. The number of pyridine rings is 1. The molecule has 35 heavy (non-hydrogen) atoms. The molecule has 2 unspecified atom stereocenters. The van der Waals surface area contributed by atoms with Crippen molar-refractivity contribution in [2.45, 2.75) is 57.7 Å². The van der Waals surface area contributed by atoms with Crippen molar-refractivity contribution in [3.8, 4) is 0 Å². The minimum atomic E-state index is -4.32. The van der Waals surface area contributed by atoms with Crippen molar-refractivity contribution >= 4 is 11.6 Å². The molecule has 0 radical (unpaired) electrons. The van der Waals surface area contributed by atoms with Crippen molar-refractivity contribution < 1.29 is 18.0 Å². The third-order valence-electron chi connectivity index (χ3n) is 7.45. The highest BCUT2D eigenvalue weighted by molar-refractivity contribution is 5.85. The van der Waals surface area contributed by atoms with Crippen molar-refractivity contribution in [1.29, 1.82) is 0 Å². The number of hydrogen-bond donors (Lipinski definition) is 1. The average Bonchev–Trinajstić information content (AvgIpc) is 2.86. The molecule has 3 heterocycles. The van der Waals surface area contributed by atoms with Gasteiger partial charge in [0.1, 0.15) is 0 Å². The first kappa shape index (κ1) is 25.5. The van der Waals surface area contributed by atoms with Gasteiger partial charge in [0.25, 0.3) is 0 Å². The number of anilines is 1. The van der Waals surface area contributed by atoms with Crippen LogP contribution in [0.4, 0.5) is 18.9 Å². The standard InChI is InChI=1S/C27H35F3N4O/c1-3-33(19(2)16-21-6-4-7-22(17-21)27(28,29)30)18-20-10-14-34(15-11-20)26(35)23-9-13-31-24-8-5-12-32-25(23)24/h4-8,12,17,19-20,23,31H,3,9-11,13-16,18H2,1-2H3. The quantitative estimate of drug-likeness (QED) is 0.583. The summed E-state index contributed by atoms with van der Waals surface area (Å²) < 4.78 is 39.2. The summed E-state index contributed by atoms with van der Waals surface area (Å²) in [6, 6.07) is 9.66. The molecule has 0 aliphatic carbocycles. The minimum Gasteiger partial charge on any atom is -0.384 e. The third-order valence-corrected chi connectivity index (χ3v) is 7.45. The number of nitrogens with one attached hydrogen (secondary N) is 1. The van der Waals surface area contributed by atoms with Crippen LogP contribution in [-0.4, -0.2) is 59.5 Å². The van der Waals surface area contributed by atoms with Crippen LogP contribution in [0.5, 0.6) is 0 Å². The number of halogens is 3. The van der Waals surface area contributed by atoms with E-state index in [0.29, 0.717) is 17.9 Å². The Bertz CT molecular complexity index is 1000. The predicted octanol–water partition coefficient (Wildman–Crippen LogP) is 5.19. The summed E-state index contributed by atoms with van der Waals surface area (Å²) in [4.78, 5) is 22.1. The van der Waals surface area contributed by atoms with Crippen molar-refractivity contribution in [1.82, 2.24) is 14.8 Å². The summed E-state index contributed by atoms with van der Waals surface area (Å²) in [5.74, 6) is 0.472. The summed E-state index contributed by atoms with van der Waals surface area (Å²) in [6.45, 7) is 8.20. The second-order valence-corrected chi connectivity index (χ2v) is 9.81.